The topological polar surface area (TPSA) is 56.9 Å². The average Bonchev–Trinajstić information content (AvgIpc) is 2.15. The molecule has 0 aliphatic carbocycles. The molecule has 1 unspecified atom stereocenters. The Bertz CT molecular complexity index is 300. The van der Waals surface area contributed by atoms with Crippen molar-refractivity contribution in [1.82, 2.24) is 4.98 Å². The fourth-order valence-electron chi connectivity index (χ4n) is 0.796. The van der Waals surface area contributed by atoms with Gasteiger partial charge in [-0.2, -0.15) is 5.26 Å². The highest BCUT2D eigenvalue weighted by Crippen LogP contribution is 2.11. The summed E-state index contributed by atoms with van der Waals surface area (Å²) in [6.07, 6.45) is 5.11. The molecule has 3 nitrogen and oxygen atoms in total. The third kappa shape index (κ3) is 2.19. The molecule has 0 radical (unpaired) electrons. The number of allylic oxidation sites excluding steroid dienone is 1. The van der Waals surface area contributed by atoms with E-state index in [1.54, 1.807) is 24.5 Å². The first kappa shape index (κ1) is 8.44. The molecule has 0 aromatic carbocycles. The van der Waals surface area contributed by atoms with Crippen molar-refractivity contribution in [3.05, 3.63) is 42.2 Å². The molecule has 0 amide bonds. The number of pyridine rings is 1. The summed E-state index contributed by atoms with van der Waals surface area (Å²) < 4.78 is 0. The summed E-state index contributed by atoms with van der Waals surface area (Å²) in [5.41, 5.74) is 0.684. The van der Waals surface area contributed by atoms with Gasteiger partial charge in [-0.15, -0.1) is 0 Å². The molecule has 60 valence electrons. The molecule has 0 saturated heterocycles. The first-order valence-electron chi connectivity index (χ1n) is 3.49. The smallest absolute Gasteiger partial charge is 0.0996 e. The molecule has 0 aliphatic heterocycles. The lowest BCUT2D eigenvalue weighted by Gasteiger charge is -2.02. The van der Waals surface area contributed by atoms with Crippen LogP contribution in [0.3, 0.4) is 0 Å². The number of aliphatic hydroxyl groups excluding tert-OH is 1. The highest BCUT2D eigenvalue weighted by atomic mass is 16.3. The summed E-state index contributed by atoms with van der Waals surface area (Å²) in [7, 11) is 0. The van der Waals surface area contributed by atoms with Crippen LogP contribution in [0.15, 0.2) is 36.7 Å². The van der Waals surface area contributed by atoms with Crippen molar-refractivity contribution >= 4 is 0 Å². The Kier molecular flexibility index (Phi) is 3.00. The maximum Gasteiger partial charge on any atom is 0.0996 e. The predicted octanol–water partition coefficient (Wildman–Crippen LogP) is 1.19. The van der Waals surface area contributed by atoms with Crippen LogP contribution in [0.25, 0.3) is 0 Å². The molecule has 3 heteroatoms. The monoisotopic (exact) mass is 160 g/mol. The zero-order chi connectivity index (χ0) is 8.81. The number of hydrogen-bond acceptors (Lipinski definition) is 3. The van der Waals surface area contributed by atoms with Crippen LogP contribution in [0.1, 0.15) is 11.7 Å². The van der Waals surface area contributed by atoms with E-state index in [4.69, 9.17) is 5.26 Å². The second-order valence-electron chi connectivity index (χ2n) is 2.22. The van der Waals surface area contributed by atoms with E-state index in [0.29, 0.717) is 5.56 Å². The Balaban J connectivity index is 2.73. The lowest BCUT2D eigenvalue weighted by molar-refractivity contribution is 0.228. The quantitative estimate of drug-likeness (QED) is 0.661. The van der Waals surface area contributed by atoms with Crippen molar-refractivity contribution in [2.24, 2.45) is 0 Å². The Labute approximate surface area is 70.6 Å². The lowest BCUT2D eigenvalue weighted by Crippen LogP contribution is -1.92. The highest BCUT2D eigenvalue weighted by molar-refractivity contribution is 5.18. The molecule has 1 atom stereocenters. The maximum atomic E-state index is 9.37. The van der Waals surface area contributed by atoms with Crippen LogP contribution in [-0.4, -0.2) is 10.1 Å². The van der Waals surface area contributed by atoms with E-state index in [9.17, 15) is 5.11 Å². The van der Waals surface area contributed by atoms with Crippen molar-refractivity contribution < 1.29 is 5.11 Å². The fourth-order valence-corrected chi connectivity index (χ4v) is 0.796. The third-order valence-electron chi connectivity index (χ3n) is 1.38. The van der Waals surface area contributed by atoms with Crippen LogP contribution < -0.4 is 0 Å². The van der Waals surface area contributed by atoms with E-state index >= 15 is 0 Å². The molecule has 1 aromatic rings. The molecule has 0 saturated carbocycles. The third-order valence-corrected chi connectivity index (χ3v) is 1.38. The molecule has 0 spiro atoms. The second-order valence-corrected chi connectivity index (χ2v) is 2.22. The van der Waals surface area contributed by atoms with E-state index in [0.717, 1.165) is 0 Å². The van der Waals surface area contributed by atoms with Crippen molar-refractivity contribution in [2.45, 2.75) is 6.10 Å². The van der Waals surface area contributed by atoms with Gasteiger partial charge in [0.05, 0.1) is 12.2 Å². The number of nitrogens with zero attached hydrogens (tertiary/aromatic N) is 2. The van der Waals surface area contributed by atoms with Crippen LogP contribution >= 0.6 is 0 Å². The first-order valence-corrected chi connectivity index (χ1v) is 3.49. The zero-order valence-corrected chi connectivity index (χ0v) is 6.38. The summed E-state index contributed by atoms with van der Waals surface area (Å²) in [5, 5.41) is 17.6. The van der Waals surface area contributed by atoms with E-state index < -0.39 is 6.10 Å². The summed E-state index contributed by atoms with van der Waals surface area (Å²) in [4.78, 5) is 3.84. The van der Waals surface area contributed by atoms with Crippen LogP contribution in [-0.2, 0) is 0 Å². The van der Waals surface area contributed by atoms with Gasteiger partial charge in [0.25, 0.3) is 0 Å². The van der Waals surface area contributed by atoms with Gasteiger partial charge in [0.2, 0.25) is 0 Å². The molecule has 1 aromatic heterocycles. The molecule has 0 aliphatic rings. The Morgan fingerprint density at radius 1 is 1.67 bits per heavy atom. The van der Waals surface area contributed by atoms with Crippen LogP contribution in [0.5, 0.6) is 0 Å². The standard InChI is InChI=1S/C9H8N2O/c10-5-1-4-9(12)8-3-2-6-11-7-8/h1-4,6-7,9,12H/b4-1+. The van der Waals surface area contributed by atoms with Crippen LogP contribution in [0, 0.1) is 11.3 Å². The minimum absolute atomic E-state index is 0.684. The highest BCUT2D eigenvalue weighted by Gasteiger charge is 2.00. The van der Waals surface area contributed by atoms with E-state index in [1.807, 2.05) is 6.07 Å². The van der Waals surface area contributed by atoms with Gasteiger partial charge in [0.15, 0.2) is 0 Å². The fraction of sp³-hybridized carbons (Fsp3) is 0.111. The van der Waals surface area contributed by atoms with Gasteiger partial charge < -0.3 is 5.11 Å². The minimum atomic E-state index is -0.738. The Morgan fingerprint density at radius 2 is 2.50 bits per heavy atom. The van der Waals surface area contributed by atoms with Gasteiger partial charge in [-0.1, -0.05) is 6.07 Å². The summed E-state index contributed by atoms with van der Waals surface area (Å²) in [5.74, 6) is 0. The van der Waals surface area contributed by atoms with Crippen molar-refractivity contribution in [3.63, 3.8) is 0 Å². The molecule has 1 N–H and O–H groups in total. The second kappa shape index (κ2) is 4.27. The number of aromatic nitrogens is 1. The van der Waals surface area contributed by atoms with Gasteiger partial charge >= 0.3 is 0 Å². The summed E-state index contributed by atoms with van der Waals surface area (Å²) in [6, 6.07) is 5.29. The van der Waals surface area contributed by atoms with Crippen molar-refractivity contribution in [2.75, 3.05) is 0 Å². The first-order chi connectivity index (χ1) is 5.84. The normalized spacial score (nSPS) is 12.7. The van der Waals surface area contributed by atoms with E-state index in [1.165, 1.54) is 12.2 Å². The van der Waals surface area contributed by atoms with Gasteiger partial charge in [-0.3, -0.25) is 4.98 Å². The van der Waals surface area contributed by atoms with Crippen molar-refractivity contribution in [1.29, 1.82) is 5.26 Å². The van der Waals surface area contributed by atoms with E-state index in [-0.39, 0.29) is 0 Å². The van der Waals surface area contributed by atoms with E-state index in [2.05, 4.69) is 4.98 Å². The maximum absolute atomic E-state index is 9.37. The molecule has 0 bridgehead atoms. The summed E-state index contributed by atoms with van der Waals surface area (Å²) >= 11 is 0. The van der Waals surface area contributed by atoms with Gasteiger partial charge in [0, 0.05) is 24.0 Å². The number of aliphatic hydroxyl groups is 1. The molecular weight excluding hydrogens is 152 g/mol. The van der Waals surface area contributed by atoms with Crippen LogP contribution in [0.4, 0.5) is 0 Å². The Hall–Kier alpha value is -1.66. The molecular formula is C9H8N2O. The van der Waals surface area contributed by atoms with Gasteiger partial charge in [0.1, 0.15) is 0 Å². The molecule has 12 heavy (non-hydrogen) atoms. The SMILES string of the molecule is N#C/C=C/C(O)c1cccnc1. The van der Waals surface area contributed by atoms with Crippen LogP contribution in [0.2, 0.25) is 0 Å². The summed E-state index contributed by atoms with van der Waals surface area (Å²) in [6.45, 7) is 0. The number of nitriles is 1. The average molecular weight is 160 g/mol. The minimum Gasteiger partial charge on any atom is -0.384 e. The van der Waals surface area contributed by atoms with Gasteiger partial charge in [-0.05, 0) is 12.1 Å². The zero-order valence-electron chi connectivity index (χ0n) is 6.38. The molecule has 1 rings (SSSR count). The molecule has 1 heterocycles. The number of rotatable bonds is 2. The lowest BCUT2D eigenvalue weighted by atomic mass is 10.1. The van der Waals surface area contributed by atoms with Crippen molar-refractivity contribution in [3.8, 4) is 6.07 Å². The Morgan fingerprint density at radius 3 is 3.08 bits per heavy atom. The predicted molar refractivity (Wildman–Crippen MR) is 43.9 cm³/mol. The number of hydrogen-bond donors (Lipinski definition) is 1. The largest absolute Gasteiger partial charge is 0.384 e. The van der Waals surface area contributed by atoms with Gasteiger partial charge in [-0.25, -0.2) is 0 Å². The molecule has 0 fully saturated rings.